The average molecular weight is 350 g/mol. The molecule has 2 saturated carbocycles. The van der Waals surface area contributed by atoms with Crippen molar-refractivity contribution in [1.29, 1.82) is 0 Å². The summed E-state index contributed by atoms with van der Waals surface area (Å²) in [5, 5.41) is 2.86. The lowest BCUT2D eigenvalue weighted by molar-refractivity contribution is -0.146. The quantitative estimate of drug-likeness (QED) is 0.672. The highest BCUT2D eigenvalue weighted by molar-refractivity contribution is 6.10. The maximum Gasteiger partial charge on any atom is 0.247 e. The Kier molecular flexibility index (Phi) is 3.21. The van der Waals surface area contributed by atoms with Crippen molar-refractivity contribution in [1.82, 2.24) is 4.90 Å². The summed E-state index contributed by atoms with van der Waals surface area (Å²) in [4.78, 5) is 40.1. The second-order valence-corrected chi connectivity index (χ2v) is 8.18. The van der Waals surface area contributed by atoms with Crippen molar-refractivity contribution in [3.8, 4) is 0 Å². The molecule has 5 nitrogen and oxygen atoms in total. The van der Waals surface area contributed by atoms with Crippen molar-refractivity contribution >= 4 is 23.4 Å². The van der Waals surface area contributed by atoms with E-state index in [9.17, 15) is 14.4 Å². The number of benzene rings is 1. The van der Waals surface area contributed by atoms with E-state index in [4.69, 9.17) is 0 Å². The number of likely N-dealkylation sites (tertiary alicyclic amines) is 1. The fraction of sp³-hybridized carbons (Fsp3) is 0.476. The summed E-state index contributed by atoms with van der Waals surface area (Å²) in [7, 11) is 0. The molecule has 1 heterocycles. The van der Waals surface area contributed by atoms with Crippen molar-refractivity contribution in [3.63, 3.8) is 0 Å². The molecule has 6 rings (SSSR count). The predicted octanol–water partition coefficient (Wildman–Crippen LogP) is 2.38. The van der Waals surface area contributed by atoms with Gasteiger partial charge in [-0.15, -0.1) is 0 Å². The van der Waals surface area contributed by atoms with E-state index in [-0.39, 0.29) is 41.4 Å². The molecule has 0 aromatic heterocycles. The van der Waals surface area contributed by atoms with Gasteiger partial charge in [-0.25, -0.2) is 0 Å². The Hall–Kier alpha value is -2.43. The van der Waals surface area contributed by atoms with Gasteiger partial charge >= 0.3 is 0 Å². The van der Waals surface area contributed by atoms with Crippen LogP contribution in [0.3, 0.4) is 0 Å². The zero-order chi connectivity index (χ0) is 18.2. The van der Waals surface area contributed by atoms with E-state index in [1.165, 1.54) is 4.90 Å². The maximum absolute atomic E-state index is 13.1. The zero-order valence-corrected chi connectivity index (χ0v) is 14.9. The monoisotopic (exact) mass is 350 g/mol. The molecule has 5 aliphatic rings. The number of allylic oxidation sites excluding steroid dienone is 2. The third-order valence-electron chi connectivity index (χ3n) is 6.87. The van der Waals surface area contributed by atoms with Crippen LogP contribution in [0, 0.1) is 42.4 Å². The van der Waals surface area contributed by atoms with E-state index in [0.29, 0.717) is 17.5 Å². The molecule has 1 N–H and O–H groups in total. The summed E-state index contributed by atoms with van der Waals surface area (Å²) >= 11 is 0. The van der Waals surface area contributed by atoms with Gasteiger partial charge < -0.3 is 5.32 Å². The molecule has 0 unspecified atom stereocenters. The number of nitrogens with zero attached hydrogens (tertiary/aromatic N) is 1. The number of imide groups is 1. The van der Waals surface area contributed by atoms with Crippen LogP contribution in [0.5, 0.6) is 0 Å². The minimum Gasteiger partial charge on any atom is -0.324 e. The Labute approximate surface area is 152 Å². The first kappa shape index (κ1) is 15.8. The third-order valence-corrected chi connectivity index (χ3v) is 6.87. The molecule has 3 amide bonds. The van der Waals surface area contributed by atoms with Crippen LogP contribution >= 0.6 is 0 Å². The van der Waals surface area contributed by atoms with Gasteiger partial charge in [0.1, 0.15) is 6.04 Å². The minimum atomic E-state index is -0.795. The molecule has 7 atom stereocenters. The Morgan fingerprint density at radius 3 is 2.23 bits per heavy atom. The van der Waals surface area contributed by atoms with Crippen LogP contribution in [0.15, 0.2) is 36.4 Å². The van der Waals surface area contributed by atoms with E-state index in [2.05, 4.69) is 17.5 Å². The number of carbonyl (C=O) groups excluding carboxylic acids is 3. The number of hydrogen-bond donors (Lipinski definition) is 1. The molecular weight excluding hydrogens is 328 g/mol. The van der Waals surface area contributed by atoms with Crippen LogP contribution in [0.4, 0.5) is 5.69 Å². The number of aryl methyl sites for hydroxylation is 1. The van der Waals surface area contributed by atoms with Crippen molar-refractivity contribution < 1.29 is 14.4 Å². The van der Waals surface area contributed by atoms with Gasteiger partial charge in [0.05, 0.1) is 11.8 Å². The van der Waals surface area contributed by atoms with E-state index >= 15 is 0 Å². The average Bonchev–Trinajstić information content (AvgIpc) is 3.41. The highest BCUT2D eigenvalue weighted by Crippen LogP contribution is 2.65. The molecule has 3 fully saturated rings. The van der Waals surface area contributed by atoms with Gasteiger partial charge in [0.15, 0.2) is 0 Å². The minimum absolute atomic E-state index is 0.155. The molecule has 1 saturated heterocycles. The van der Waals surface area contributed by atoms with Crippen molar-refractivity contribution in [2.75, 3.05) is 5.32 Å². The number of para-hydroxylation sites is 1. The Bertz CT molecular complexity index is 825. The molecule has 26 heavy (non-hydrogen) atoms. The van der Waals surface area contributed by atoms with Gasteiger partial charge in [0.25, 0.3) is 0 Å². The fourth-order valence-corrected chi connectivity index (χ4v) is 5.43. The number of nitrogens with one attached hydrogen (secondary N) is 1. The molecule has 4 aliphatic carbocycles. The highest BCUT2D eigenvalue weighted by atomic mass is 16.2. The van der Waals surface area contributed by atoms with Gasteiger partial charge in [-0.05, 0) is 55.6 Å². The summed E-state index contributed by atoms with van der Waals surface area (Å²) < 4.78 is 0. The van der Waals surface area contributed by atoms with Gasteiger partial charge in [-0.2, -0.15) is 0 Å². The second-order valence-electron chi connectivity index (χ2n) is 8.18. The van der Waals surface area contributed by atoms with Gasteiger partial charge in [0, 0.05) is 5.69 Å². The normalized spacial score (nSPS) is 37.4. The lowest BCUT2D eigenvalue weighted by atomic mass is 9.63. The molecular formula is C21H22N2O3. The number of rotatable bonds is 3. The van der Waals surface area contributed by atoms with E-state index < -0.39 is 6.04 Å². The van der Waals surface area contributed by atoms with Crippen LogP contribution in [0.2, 0.25) is 0 Å². The fourth-order valence-electron chi connectivity index (χ4n) is 5.43. The summed E-state index contributed by atoms with van der Waals surface area (Å²) in [5.41, 5.74) is 1.66. The number of carbonyl (C=O) groups is 3. The van der Waals surface area contributed by atoms with Gasteiger partial charge in [-0.3, -0.25) is 19.3 Å². The lowest BCUT2D eigenvalue weighted by Gasteiger charge is -2.37. The number of hydrogen-bond acceptors (Lipinski definition) is 3. The Balaban J connectivity index is 1.39. The largest absolute Gasteiger partial charge is 0.324 e. The van der Waals surface area contributed by atoms with Crippen molar-refractivity contribution in [3.05, 3.63) is 42.0 Å². The van der Waals surface area contributed by atoms with E-state index in [1.54, 1.807) is 6.92 Å². The standard InChI is InChI=1S/C21H22N2O3/c1-10-5-3-4-6-16(10)22-19(24)11(2)23-20(25)17-12-7-8-13(15-9-14(12)15)18(17)21(23)26/h3-8,11-15,17-18H,9H2,1-2H3,(H,22,24)/t11-,12-,13-,14-,15+,17+,18+/m0/s1. The zero-order valence-electron chi connectivity index (χ0n) is 14.9. The van der Waals surface area contributed by atoms with Gasteiger partial charge in [-0.1, -0.05) is 30.4 Å². The van der Waals surface area contributed by atoms with Crippen LogP contribution in [-0.4, -0.2) is 28.7 Å². The first-order chi connectivity index (χ1) is 12.5. The SMILES string of the molecule is Cc1ccccc1NC(=O)[C@H](C)N1C(=O)[C@@H]2[C@H]3C=C[C@@H]([C@@H]4C[C@H]34)[C@H]2C1=O. The molecule has 2 bridgehead atoms. The highest BCUT2D eigenvalue weighted by Gasteiger charge is 2.67. The third kappa shape index (κ3) is 2.00. The molecule has 0 spiro atoms. The summed E-state index contributed by atoms with van der Waals surface area (Å²) in [5.74, 6) is 0.369. The first-order valence-electron chi connectivity index (χ1n) is 9.41. The first-order valence-corrected chi connectivity index (χ1v) is 9.41. The van der Waals surface area contributed by atoms with Gasteiger partial charge in [0.2, 0.25) is 17.7 Å². The summed E-state index contributed by atoms with van der Waals surface area (Å²) in [6, 6.07) is 6.70. The van der Waals surface area contributed by atoms with E-state index in [0.717, 1.165) is 12.0 Å². The topological polar surface area (TPSA) is 66.5 Å². The number of anilines is 1. The second kappa shape index (κ2) is 5.29. The van der Waals surface area contributed by atoms with Crippen molar-refractivity contribution in [2.45, 2.75) is 26.3 Å². The predicted molar refractivity (Wildman–Crippen MR) is 95.8 cm³/mol. The smallest absolute Gasteiger partial charge is 0.247 e. The summed E-state index contributed by atoms with van der Waals surface area (Å²) in [6.07, 6.45) is 5.43. The molecule has 1 aliphatic heterocycles. The molecule has 1 aromatic rings. The lowest BCUT2D eigenvalue weighted by Crippen LogP contribution is -2.46. The molecule has 0 radical (unpaired) electrons. The van der Waals surface area contributed by atoms with Crippen LogP contribution in [0.25, 0.3) is 0 Å². The van der Waals surface area contributed by atoms with Crippen molar-refractivity contribution in [2.24, 2.45) is 35.5 Å². The molecule has 5 heteroatoms. The maximum atomic E-state index is 13.1. The summed E-state index contributed by atoms with van der Waals surface area (Å²) in [6.45, 7) is 3.56. The number of amides is 3. The van der Waals surface area contributed by atoms with Crippen LogP contribution in [-0.2, 0) is 14.4 Å². The Morgan fingerprint density at radius 2 is 1.65 bits per heavy atom. The van der Waals surface area contributed by atoms with Crippen LogP contribution in [0.1, 0.15) is 18.9 Å². The Morgan fingerprint density at radius 1 is 1.08 bits per heavy atom. The van der Waals surface area contributed by atoms with E-state index in [1.807, 2.05) is 31.2 Å². The molecule has 1 aromatic carbocycles. The molecule has 134 valence electrons. The van der Waals surface area contributed by atoms with Crippen LogP contribution < -0.4 is 5.32 Å².